The normalized spacial score (nSPS) is 33.1. The lowest BCUT2D eigenvalue weighted by Crippen LogP contribution is -2.38. The van der Waals surface area contributed by atoms with E-state index >= 15 is 0 Å². The number of benzene rings is 2. The summed E-state index contributed by atoms with van der Waals surface area (Å²) in [5.41, 5.74) is 1.65. The number of hydrogen-bond donors (Lipinski definition) is 1. The molecule has 2 aromatic rings. The number of aliphatic hydroxyl groups is 1. The molecule has 1 N–H and O–H groups in total. The summed E-state index contributed by atoms with van der Waals surface area (Å²) < 4.78 is 0. The Kier molecular flexibility index (Phi) is 3.88. The molecule has 0 saturated heterocycles. The van der Waals surface area contributed by atoms with Gasteiger partial charge in [0.25, 0.3) is 0 Å². The Morgan fingerprint density at radius 2 is 1.80 bits per heavy atom. The van der Waals surface area contributed by atoms with E-state index in [2.05, 4.69) is 75.2 Å². The highest BCUT2D eigenvalue weighted by Gasteiger charge is 2.65. The Hall–Kier alpha value is -1.54. The van der Waals surface area contributed by atoms with Crippen molar-refractivity contribution in [2.45, 2.75) is 46.1 Å². The zero-order chi connectivity index (χ0) is 17.8. The third-order valence-corrected chi connectivity index (χ3v) is 7.92. The molecular formula is C23H31NO. The van der Waals surface area contributed by atoms with Crippen molar-refractivity contribution in [3.05, 3.63) is 42.5 Å². The van der Waals surface area contributed by atoms with E-state index in [1.165, 1.54) is 29.3 Å². The van der Waals surface area contributed by atoms with Crippen LogP contribution in [-0.4, -0.2) is 24.8 Å². The Labute approximate surface area is 151 Å². The Morgan fingerprint density at radius 1 is 1.08 bits per heavy atom. The first-order valence-electron chi connectivity index (χ1n) is 9.73. The van der Waals surface area contributed by atoms with Crippen molar-refractivity contribution < 1.29 is 5.11 Å². The molecule has 2 saturated carbocycles. The van der Waals surface area contributed by atoms with Crippen molar-refractivity contribution in [2.24, 2.45) is 22.7 Å². The monoisotopic (exact) mass is 337 g/mol. The summed E-state index contributed by atoms with van der Waals surface area (Å²) in [4.78, 5) is 2.37. The Bertz CT molecular complexity index is 777. The van der Waals surface area contributed by atoms with Crippen molar-refractivity contribution in [1.82, 2.24) is 0 Å². The molecule has 0 heterocycles. The lowest BCUT2D eigenvalue weighted by atomic mass is 9.70. The number of aliphatic hydroxyl groups excluding tert-OH is 1. The summed E-state index contributed by atoms with van der Waals surface area (Å²) in [6.45, 7) is 8.06. The Balaban J connectivity index is 1.52. The maximum Gasteiger partial charge on any atom is 0.0630 e. The van der Waals surface area contributed by atoms with Gasteiger partial charge in [0, 0.05) is 24.7 Å². The van der Waals surface area contributed by atoms with Gasteiger partial charge >= 0.3 is 0 Å². The topological polar surface area (TPSA) is 23.5 Å². The van der Waals surface area contributed by atoms with Gasteiger partial charge in [-0.1, -0.05) is 57.2 Å². The zero-order valence-electron chi connectivity index (χ0n) is 16.0. The van der Waals surface area contributed by atoms with Crippen LogP contribution in [0, 0.1) is 22.7 Å². The minimum Gasteiger partial charge on any atom is -0.392 e. The van der Waals surface area contributed by atoms with E-state index in [0.29, 0.717) is 11.8 Å². The van der Waals surface area contributed by atoms with Crippen molar-refractivity contribution in [3.63, 3.8) is 0 Å². The third kappa shape index (κ3) is 2.33. The second-order valence-electron chi connectivity index (χ2n) is 9.10. The van der Waals surface area contributed by atoms with E-state index in [0.717, 1.165) is 13.0 Å². The van der Waals surface area contributed by atoms with Crippen LogP contribution in [0.1, 0.15) is 40.0 Å². The van der Waals surface area contributed by atoms with Crippen molar-refractivity contribution in [1.29, 1.82) is 0 Å². The number of hydrogen-bond acceptors (Lipinski definition) is 2. The summed E-state index contributed by atoms with van der Waals surface area (Å²) in [6.07, 6.45) is 3.39. The second-order valence-corrected chi connectivity index (χ2v) is 9.10. The lowest BCUT2D eigenvalue weighted by Gasteiger charge is -2.37. The molecule has 0 spiro atoms. The molecule has 0 amide bonds. The molecule has 0 aliphatic heterocycles. The molecule has 134 valence electrons. The van der Waals surface area contributed by atoms with Crippen LogP contribution in [0.15, 0.2) is 42.5 Å². The molecule has 0 radical (unpaired) electrons. The fraction of sp³-hybridized carbons (Fsp3) is 0.565. The number of fused-ring (bicyclic) bond motifs is 3. The van der Waals surface area contributed by atoms with E-state index in [4.69, 9.17) is 0 Å². The van der Waals surface area contributed by atoms with E-state index in [1.54, 1.807) is 0 Å². The molecule has 25 heavy (non-hydrogen) atoms. The van der Waals surface area contributed by atoms with Gasteiger partial charge in [0.05, 0.1) is 6.10 Å². The van der Waals surface area contributed by atoms with Gasteiger partial charge in [-0.2, -0.15) is 0 Å². The standard InChI is InChI=1S/C23H31NO/c1-22(2)19-12-14-23(22,3)21(25)18(19)13-15-24(4)20-11-7-9-16-8-5-6-10-17(16)20/h5-11,18-19,21,25H,12-15H2,1-4H3/t18-,19-,21-,23+/m1/s1. The molecule has 2 bridgehead atoms. The summed E-state index contributed by atoms with van der Waals surface area (Å²) >= 11 is 0. The second kappa shape index (κ2) is 5.74. The first kappa shape index (κ1) is 16.9. The highest BCUT2D eigenvalue weighted by atomic mass is 16.3. The smallest absolute Gasteiger partial charge is 0.0630 e. The van der Waals surface area contributed by atoms with Gasteiger partial charge < -0.3 is 10.0 Å². The van der Waals surface area contributed by atoms with Crippen LogP contribution in [0.5, 0.6) is 0 Å². The highest BCUT2D eigenvalue weighted by Crippen LogP contribution is 2.68. The SMILES string of the molecule is CN(CC[C@@H]1[C@H]2CC[C@@](C)([C@@H]1O)C2(C)C)c1cccc2ccccc12. The van der Waals surface area contributed by atoms with Crippen molar-refractivity contribution in [3.8, 4) is 0 Å². The van der Waals surface area contributed by atoms with Crippen molar-refractivity contribution >= 4 is 16.5 Å². The quantitative estimate of drug-likeness (QED) is 0.839. The maximum absolute atomic E-state index is 11.0. The van der Waals surface area contributed by atoms with Gasteiger partial charge in [-0.3, -0.25) is 0 Å². The molecule has 2 aromatic carbocycles. The molecule has 2 aliphatic carbocycles. The summed E-state index contributed by atoms with van der Waals surface area (Å²) in [5.74, 6) is 1.10. The average Bonchev–Trinajstić information content (AvgIpc) is 2.92. The average molecular weight is 338 g/mol. The first-order valence-corrected chi connectivity index (χ1v) is 9.73. The van der Waals surface area contributed by atoms with Crippen LogP contribution in [0.3, 0.4) is 0 Å². The Morgan fingerprint density at radius 3 is 2.52 bits per heavy atom. The van der Waals surface area contributed by atoms with Gasteiger partial charge in [0.15, 0.2) is 0 Å². The number of anilines is 1. The maximum atomic E-state index is 11.0. The van der Waals surface area contributed by atoms with E-state index in [1.807, 2.05) is 0 Å². The lowest BCUT2D eigenvalue weighted by molar-refractivity contribution is -0.0116. The van der Waals surface area contributed by atoms with Gasteiger partial charge in [0.1, 0.15) is 0 Å². The van der Waals surface area contributed by atoms with Crippen LogP contribution >= 0.6 is 0 Å². The van der Waals surface area contributed by atoms with Crippen LogP contribution in [-0.2, 0) is 0 Å². The zero-order valence-corrected chi connectivity index (χ0v) is 16.0. The molecule has 0 aromatic heterocycles. The van der Waals surface area contributed by atoms with Crippen LogP contribution in [0.4, 0.5) is 5.69 Å². The molecule has 2 aliphatic rings. The van der Waals surface area contributed by atoms with Gasteiger partial charge in [-0.15, -0.1) is 0 Å². The molecule has 2 nitrogen and oxygen atoms in total. The minimum absolute atomic E-state index is 0.0976. The molecule has 4 atom stereocenters. The summed E-state index contributed by atoms with van der Waals surface area (Å²) in [5, 5.41) is 13.6. The van der Waals surface area contributed by atoms with E-state index < -0.39 is 0 Å². The molecule has 2 heteroatoms. The summed E-state index contributed by atoms with van der Waals surface area (Å²) in [7, 11) is 2.19. The fourth-order valence-corrected chi connectivity index (χ4v) is 5.90. The van der Waals surface area contributed by atoms with Crippen molar-refractivity contribution in [2.75, 3.05) is 18.5 Å². The van der Waals surface area contributed by atoms with E-state index in [9.17, 15) is 5.11 Å². The minimum atomic E-state index is -0.151. The fourth-order valence-electron chi connectivity index (χ4n) is 5.90. The van der Waals surface area contributed by atoms with Gasteiger partial charge in [-0.05, 0) is 53.4 Å². The molecule has 0 unspecified atom stereocenters. The summed E-state index contributed by atoms with van der Waals surface area (Å²) in [6, 6.07) is 15.1. The van der Waals surface area contributed by atoms with Crippen LogP contribution in [0.25, 0.3) is 10.8 Å². The van der Waals surface area contributed by atoms with E-state index in [-0.39, 0.29) is 16.9 Å². The predicted octanol–water partition coefficient (Wildman–Crippen LogP) is 5.10. The predicted molar refractivity (Wildman–Crippen MR) is 106 cm³/mol. The highest BCUT2D eigenvalue weighted by molar-refractivity contribution is 5.94. The van der Waals surface area contributed by atoms with Crippen LogP contribution in [0.2, 0.25) is 0 Å². The van der Waals surface area contributed by atoms with Gasteiger partial charge in [0.2, 0.25) is 0 Å². The van der Waals surface area contributed by atoms with Gasteiger partial charge in [-0.25, -0.2) is 0 Å². The third-order valence-electron chi connectivity index (χ3n) is 7.92. The number of rotatable bonds is 4. The largest absolute Gasteiger partial charge is 0.392 e. The molecule has 4 rings (SSSR count). The van der Waals surface area contributed by atoms with Crippen LogP contribution < -0.4 is 4.90 Å². The molecule has 2 fully saturated rings. The first-order chi connectivity index (χ1) is 11.9. The molecular weight excluding hydrogens is 306 g/mol. The number of nitrogens with zero attached hydrogens (tertiary/aromatic N) is 1.